The standard InChI is InChI=1S/C38H31Cl2N9O4/c1-36(16-22-2-4-24(5-3-22)25-18-43-31(17-41)44-19-25)34(53)48(28-14-26(39)13-27(40)15-28)35-45-20-29(49(35)36)32(51)46-38(9-10-38)33(52)47-37(7-8-37)30-12-23(21-50)6-11-42-30/h2-6,11-15,18-20,50H,7-10,16,21H2,1H3,(H,46,51)(H,47,52)/t36-/m1/s1. The van der Waals surface area contributed by atoms with E-state index in [2.05, 4.69) is 30.6 Å². The lowest BCUT2D eigenvalue weighted by atomic mass is 9.90. The molecule has 2 saturated carbocycles. The second-order valence-electron chi connectivity index (χ2n) is 13.9. The summed E-state index contributed by atoms with van der Waals surface area (Å²) in [6.07, 6.45) is 8.59. The molecule has 3 aromatic heterocycles. The van der Waals surface area contributed by atoms with Crippen LogP contribution in [0.4, 0.5) is 11.6 Å². The fourth-order valence-electron chi connectivity index (χ4n) is 6.93. The van der Waals surface area contributed by atoms with Crippen molar-refractivity contribution in [3.05, 3.63) is 118 Å². The number of nitrogens with zero attached hydrogens (tertiary/aromatic N) is 7. The van der Waals surface area contributed by atoms with Gasteiger partial charge in [-0.05, 0) is 79.6 Å². The number of nitriles is 1. The first-order chi connectivity index (χ1) is 25.5. The molecule has 3 N–H and O–H groups in total. The number of aliphatic hydroxyl groups excluding tert-OH is 1. The molecule has 4 heterocycles. The Kier molecular flexibility index (Phi) is 8.29. The predicted molar refractivity (Wildman–Crippen MR) is 194 cm³/mol. The van der Waals surface area contributed by atoms with Crippen molar-refractivity contribution in [1.29, 1.82) is 5.26 Å². The van der Waals surface area contributed by atoms with Gasteiger partial charge in [-0.1, -0.05) is 47.5 Å². The maximum absolute atomic E-state index is 14.6. The Labute approximate surface area is 313 Å². The minimum atomic E-state index is -1.34. The number of hydrogen-bond donors (Lipinski definition) is 3. The number of pyridine rings is 1. The van der Waals surface area contributed by atoms with Crippen molar-refractivity contribution in [2.75, 3.05) is 4.90 Å². The van der Waals surface area contributed by atoms with Crippen molar-refractivity contribution in [2.45, 2.75) is 62.3 Å². The zero-order valence-corrected chi connectivity index (χ0v) is 29.8. The highest BCUT2D eigenvalue weighted by molar-refractivity contribution is 6.35. The molecule has 0 radical (unpaired) electrons. The van der Waals surface area contributed by atoms with E-state index in [1.807, 2.05) is 30.3 Å². The van der Waals surface area contributed by atoms with E-state index in [1.54, 1.807) is 60.4 Å². The second kappa shape index (κ2) is 12.8. The van der Waals surface area contributed by atoms with Crippen LogP contribution in [0.15, 0.2) is 79.4 Å². The quantitative estimate of drug-likeness (QED) is 0.175. The van der Waals surface area contributed by atoms with E-state index in [-0.39, 0.29) is 42.3 Å². The lowest BCUT2D eigenvalue weighted by Crippen LogP contribution is -2.52. The zero-order chi connectivity index (χ0) is 37.1. The minimum absolute atomic E-state index is 0.0708. The van der Waals surface area contributed by atoms with Gasteiger partial charge in [0.2, 0.25) is 17.7 Å². The maximum atomic E-state index is 14.6. The molecule has 53 heavy (non-hydrogen) atoms. The number of amides is 3. The molecule has 15 heteroatoms. The summed E-state index contributed by atoms with van der Waals surface area (Å²) in [7, 11) is 0. The predicted octanol–water partition coefficient (Wildman–Crippen LogP) is 5.11. The first-order valence-electron chi connectivity index (χ1n) is 16.9. The number of halogens is 2. The third kappa shape index (κ3) is 6.08. The van der Waals surface area contributed by atoms with Crippen LogP contribution in [0.5, 0.6) is 0 Å². The van der Waals surface area contributed by atoms with Crippen LogP contribution >= 0.6 is 23.2 Å². The van der Waals surface area contributed by atoms with Crippen LogP contribution in [0.3, 0.4) is 0 Å². The summed E-state index contributed by atoms with van der Waals surface area (Å²) < 4.78 is 1.61. The van der Waals surface area contributed by atoms with Crippen LogP contribution in [0, 0.1) is 11.3 Å². The van der Waals surface area contributed by atoms with E-state index < -0.39 is 22.5 Å². The third-order valence-corrected chi connectivity index (χ3v) is 10.6. The molecule has 5 aromatic rings. The van der Waals surface area contributed by atoms with Crippen molar-refractivity contribution in [3.8, 4) is 17.2 Å². The van der Waals surface area contributed by atoms with E-state index in [4.69, 9.17) is 28.5 Å². The smallest absolute Gasteiger partial charge is 0.270 e. The van der Waals surface area contributed by atoms with Crippen LogP contribution in [0.2, 0.25) is 10.0 Å². The molecule has 3 aliphatic rings. The van der Waals surface area contributed by atoms with Gasteiger partial charge in [0.1, 0.15) is 22.8 Å². The fourth-order valence-corrected chi connectivity index (χ4v) is 7.45. The lowest BCUT2D eigenvalue weighted by Gasteiger charge is -2.27. The topological polar surface area (TPSA) is 179 Å². The zero-order valence-electron chi connectivity index (χ0n) is 28.3. The van der Waals surface area contributed by atoms with Gasteiger partial charge < -0.3 is 15.7 Å². The van der Waals surface area contributed by atoms with Gasteiger partial charge in [-0.15, -0.1) is 0 Å². The summed E-state index contributed by atoms with van der Waals surface area (Å²) in [4.78, 5) is 61.1. The van der Waals surface area contributed by atoms with E-state index >= 15 is 0 Å². The van der Waals surface area contributed by atoms with Crippen LogP contribution < -0.4 is 15.5 Å². The molecule has 2 aliphatic carbocycles. The Bertz CT molecular complexity index is 2330. The molecule has 8 rings (SSSR count). The van der Waals surface area contributed by atoms with Crippen molar-refractivity contribution in [1.82, 2.24) is 35.1 Å². The third-order valence-electron chi connectivity index (χ3n) is 10.2. The van der Waals surface area contributed by atoms with Gasteiger partial charge in [0.05, 0.1) is 29.7 Å². The van der Waals surface area contributed by atoms with Gasteiger partial charge >= 0.3 is 0 Å². The number of anilines is 2. The number of hydrogen-bond acceptors (Lipinski definition) is 9. The molecule has 266 valence electrons. The van der Waals surface area contributed by atoms with Crippen molar-refractivity contribution in [3.63, 3.8) is 0 Å². The highest BCUT2D eigenvalue weighted by Crippen LogP contribution is 2.48. The molecule has 0 spiro atoms. The average Bonchev–Trinajstić information content (AvgIpc) is 4.06. The molecule has 13 nitrogen and oxygen atoms in total. The van der Waals surface area contributed by atoms with Crippen molar-refractivity contribution in [2.24, 2.45) is 0 Å². The number of nitrogens with one attached hydrogen (secondary N) is 2. The summed E-state index contributed by atoms with van der Waals surface area (Å²) in [5, 5.41) is 25.4. The number of fused-ring (bicyclic) bond motifs is 1. The monoisotopic (exact) mass is 747 g/mol. The summed E-state index contributed by atoms with van der Waals surface area (Å²) in [6.45, 7) is 1.60. The van der Waals surface area contributed by atoms with Crippen LogP contribution in [0.25, 0.3) is 11.1 Å². The largest absolute Gasteiger partial charge is 0.392 e. The molecule has 1 atom stereocenters. The van der Waals surface area contributed by atoms with E-state index in [0.717, 1.165) is 16.7 Å². The molecular formula is C38H31Cl2N9O4. The molecule has 2 aromatic carbocycles. The van der Waals surface area contributed by atoms with Crippen LogP contribution in [-0.2, 0) is 33.7 Å². The molecule has 2 fully saturated rings. The fraction of sp³-hybridized carbons (Fsp3) is 0.263. The molecule has 3 amide bonds. The van der Waals surface area contributed by atoms with E-state index in [9.17, 15) is 19.5 Å². The minimum Gasteiger partial charge on any atom is -0.392 e. The highest BCUT2D eigenvalue weighted by atomic mass is 35.5. The second-order valence-corrected chi connectivity index (χ2v) is 14.8. The number of rotatable bonds is 10. The normalized spacial score (nSPS) is 18.9. The van der Waals surface area contributed by atoms with Gasteiger partial charge in [0, 0.05) is 40.6 Å². The number of aromatic nitrogens is 5. The summed E-state index contributed by atoms with van der Waals surface area (Å²) >= 11 is 12.7. The number of benzene rings is 2. The Hall–Kier alpha value is -5.68. The first kappa shape index (κ1) is 34.4. The SMILES string of the molecule is C[C@@]1(Cc2ccc(-c3cnc(C#N)nc3)cc2)C(=O)N(c2cc(Cl)cc(Cl)c2)c2ncc(C(=O)NC3(C(=O)NC4(c5cc(CO)ccn5)CC4)CC3)n21. The number of aliphatic hydroxyl groups is 1. The van der Waals surface area contributed by atoms with Gasteiger partial charge in [0.15, 0.2) is 0 Å². The molecular weight excluding hydrogens is 717 g/mol. The number of carbonyl (C=O) groups excluding carboxylic acids is 3. The lowest BCUT2D eigenvalue weighted by molar-refractivity contribution is -0.125. The van der Waals surface area contributed by atoms with Crippen molar-refractivity contribution >= 4 is 52.6 Å². The van der Waals surface area contributed by atoms with E-state index in [1.165, 1.54) is 11.1 Å². The van der Waals surface area contributed by atoms with Crippen LogP contribution in [0.1, 0.15) is 65.7 Å². The molecule has 0 saturated heterocycles. The Morgan fingerprint density at radius 1 is 0.887 bits per heavy atom. The summed E-state index contributed by atoms with van der Waals surface area (Å²) in [6, 6.07) is 17.7. The maximum Gasteiger partial charge on any atom is 0.270 e. The first-order valence-corrected chi connectivity index (χ1v) is 17.6. The van der Waals surface area contributed by atoms with E-state index in [0.29, 0.717) is 52.7 Å². The highest BCUT2D eigenvalue weighted by Gasteiger charge is 2.57. The average molecular weight is 749 g/mol. The van der Waals surface area contributed by atoms with Crippen molar-refractivity contribution < 1.29 is 19.5 Å². The number of imidazole rings is 1. The number of carbonyl (C=O) groups is 3. The Morgan fingerprint density at radius 2 is 1.58 bits per heavy atom. The van der Waals surface area contributed by atoms with Gasteiger partial charge in [0.25, 0.3) is 11.8 Å². The molecule has 0 unspecified atom stereocenters. The molecule has 1 aliphatic heterocycles. The summed E-state index contributed by atoms with van der Waals surface area (Å²) in [5.74, 6) is -0.954. The summed E-state index contributed by atoms with van der Waals surface area (Å²) in [5.41, 5.74) is 1.05. The van der Waals surface area contributed by atoms with Crippen LogP contribution in [-0.4, -0.2) is 52.9 Å². The van der Waals surface area contributed by atoms with Gasteiger partial charge in [-0.2, -0.15) is 5.26 Å². The Balaban J connectivity index is 1.10. The molecule has 0 bridgehead atoms. The Morgan fingerprint density at radius 3 is 2.21 bits per heavy atom. The van der Waals surface area contributed by atoms with Gasteiger partial charge in [-0.3, -0.25) is 23.9 Å². The van der Waals surface area contributed by atoms with Gasteiger partial charge in [-0.25, -0.2) is 19.9 Å².